The van der Waals surface area contributed by atoms with Gasteiger partial charge in [0.1, 0.15) is 5.78 Å². The Bertz CT molecular complexity index is 397. The molecule has 2 rings (SSSR count). The Morgan fingerprint density at radius 3 is 2.35 bits per heavy atom. The summed E-state index contributed by atoms with van der Waals surface area (Å²) in [6, 6.07) is 0. The average Bonchev–Trinajstić information content (AvgIpc) is 2.66. The lowest BCUT2D eigenvalue weighted by molar-refractivity contribution is -0.140. The van der Waals surface area contributed by atoms with Gasteiger partial charge in [-0.1, -0.05) is 13.8 Å². The van der Waals surface area contributed by atoms with E-state index in [9.17, 15) is 14.4 Å². The second-order valence-electron chi connectivity index (χ2n) is 6.38. The fourth-order valence-electron chi connectivity index (χ4n) is 3.42. The molecule has 0 N–H and O–H groups in total. The summed E-state index contributed by atoms with van der Waals surface area (Å²) in [7, 11) is 0. The zero-order chi connectivity index (χ0) is 14.7. The summed E-state index contributed by atoms with van der Waals surface area (Å²) in [4.78, 5) is 37.0. The number of nitrogens with zero attached hydrogens (tertiary/aromatic N) is 1. The molecule has 1 saturated carbocycles. The van der Waals surface area contributed by atoms with Gasteiger partial charge in [0.05, 0.1) is 0 Å². The highest BCUT2D eigenvalue weighted by Gasteiger charge is 2.37. The molecule has 1 heterocycles. The minimum atomic E-state index is -0.148. The van der Waals surface area contributed by atoms with E-state index in [0.29, 0.717) is 31.1 Å². The van der Waals surface area contributed by atoms with Crippen LogP contribution in [0.5, 0.6) is 0 Å². The molecule has 2 fully saturated rings. The van der Waals surface area contributed by atoms with E-state index in [0.717, 1.165) is 32.1 Å². The van der Waals surface area contributed by atoms with Crippen molar-refractivity contribution in [3.05, 3.63) is 0 Å². The first-order valence-electron chi connectivity index (χ1n) is 7.89. The highest BCUT2D eigenvalue weighted by atomic mass is 16.2. The van der Waals surface area contributed by atoms with E-state index in [1.807, 2.05) is 13.8 Å². The molecular formula is C16H25NO3. The molecule has 20 heavy (non-hydrogen) atoms. The lowest BCUT2D eigenvalue weighted by Crippen LogP contribution is -2.36. The van der Waals surface area contributed by atoms with Gasteiger partial charge in [-0.3, -0.25) is 19.3 Å². The summed E-state index contributed by atoms with van der Waals surface area (Å²) < 4.78 is 0. The number of amides is 2. The molecule has 0 aromatic heterocycles. The molecule has 2 amide bonds. The van der Waals surface area contributed by atoms with Crippen molar-refractivity contribution < 1.29 is 14.4 Å². The fraction of sp³-hybridized carbons (Fsp3) is 0.812. The Labute approximate surface area is 120 Å². The van der Waals surface area contributed by atoms with Crippen molar-refractivity contribution in [2.45, 2.75) is 58.8 Å². The summed E-state index contributed by atoms with van der Waals surface area (Å²) in [6.07, 6.45) is 5.76. The van der Waals surface area contributed by atoms with Crippen molar-refractivity contribution in [1.29, 1.82) is 0 Å². The zero-order valence-corrected chi connectivity index (χ0v) is 12.6. The predicted octanol–water partition coefficient (Wildman–Crippen LogP) is 2.56. The quantitative estimate of drug-likeness (QED) is 0.727. The van der Waals surface area contributed by atoms with Gasteiger partial charge < -0.3 is 0 Å². The average molecular weight is 279 g/mol. The second-order valence-corrected chi connectivity index (χ2v) is 6.38. The summed E-state index contributed by atoms with van der Waals surface area (Å²) >= 11 is 0. The van der Waals surface area contributed by atoms with Crippen LogP contribution in [0.15, 0.2) is 0 Å². The Kier molecular flexibility index (Phi) is 4.95. The van der Waals surface area contributed by atoms with Crippen molar-refractivity contribution >= 4 is 17.6 Å². The van der Waals surface area contributed by atoms with Crippen LogP contribution in [0.25, 0.3) is 0 Å². The Balaban J connectivity index is 1.81. The van der Waals surface area contributed by atoms with Gasteiger partial charge in [-0.05, 0) is 38.0 Å². The molecule has 1 atom stereocenters. The van der Waals surface area contributed by atoms with Crippen LogP contribution in [0.3, 0.4) is 0 Å². The lowest BCUT2D eigenvalue weighted by atomic mass is 9.79. The number of imide groups is 1. The molecule has 1 aliphatic carbocycles. The number of ketones is 1. The molecule has 1 aliphatic heterocycles. The first-order chi connectivity index (χ1) is 9.52. The van der Waals surface area contributed by atoms with E-state index in [-0.39, 0.29) is 23.7 Å². The van der Waals surface area contributed by atoms with Crippen LogP contribution in [0, 0.1) is 17.8 Å². The molecule has 4 nitrogen and oxygen atoms in total. The molecule has 0 bridgehead atoms. The summed E-state index contributed by atoms with van der Waals surface area (Å²) in [5.74, 6) is 0.817. The summed E-state index contributed by atoms with van der Waals surface area (Å²) in [6.45, 7) is 4.42. The zero-order valence-electron chi connectivity index (χ0n) is 12.6. The van der Waals surface area contributed by atoms with Gasteiger partial charge in [0.25, 0.3) is 0 Å². The van der Waals surface area contributed by atoms with Crippen LogP contribution < -0.4 is 0 Å². The molecular weight excluding hydrogens is 254 g/mol. The number of rotatable bonds is 5. The standard InChI is InChI=1S/C16H25NO3/c1-3-4-14(18)13-7-5-12(6-8-13)10-17-15(19)9-11(2)16(17)20/h11-13H,3-10H2,1-2H3. The van der Waals surface area contributed by atoms with Gasteiger partial charge in [-0.15, -0.1) is 0 Å². The third kappa shape index (κ3) is 3.28. The summed E-state index contributed by atoms with van der Waals surface area (Å²) in [5, 5.41) is 0. The van der Waals surface area contributed by atoms with E-state index in [2.05, 4.69) is 0 Å². The van der Waals surface area contributed by atoms with Crippen LogP contribution in [0.1, 0.15) is 58.8 Å². The van der Waals surface area contributed by atoms with Gasteiger partial charge >= 0.3 is 0 Å². The topological polar surface area (TPSA) is 54.5 Å². The Morgan fingerprint density at radius 1 is 1.20 bits per heavy atom. The SMILES string of the molecule is CCCC(=O)C1CCC(CN2C(=O)CC(C)C2=O)CC1. The Hall–Kier alpha value is -1.19. The van der Waals surface area contributed by atoms with Crippen molar-refractivity contribution in [2.24, 2.45) is 17.8 Å². The van der Waals surface area contributed by atoms with E-state index >= 15 is 0 Å². The first kappa shape index (κ1) is 15.2. The number of likely N-dealkylation sites (tertiary alicyclic amines) is 1. The van der Waals surface area contributed by atoms with E-state index in [4.69, 9.17) is 0 Å². The monoisotopic (exact) mass is 279 g/mol. The molecule has 0 aromatic rings. The number of carbonyl (C=O) groups is 3. The Morgan fingerprint density at radius 2 is 1.85 bits per heavy atom. The smallest absolute Gasteiger partial charge is 0.232 e. The largest absolute Gasteiger partial charge is 0.299 e. The fourth-order valence-corrected chi connectivity index (χ4v) is 3.42. The minimum Gasteiger partial charge on any atom is -0.299 e. The van der Waals surface area contributed by atoms with Crippen LogP contribution in [-0.2, 0) is 14.4 Å². The minimum absolute atomic E-state index is 0.0146. The number of carbonyl (C=O) groups excluding carboxylic acids is 3. The summed E-state index contributed by atoms with van der Waals surface area (Å²) in [5.41, 5.74) is 0. The molecule has 4 heteroatoms. The second kappa shape index (κ2) is 6.51. The van der Waals surface area contributed by atoms with Gasteiger partial charge in [0.2, 0.25) is 11.8 Å². The maximum absolute atomic E-state index is 11.9. The predicted molar refractivity (Wildman–Crippen MR) is 75.9 cm³/mol. The molecule has 1 unspecified atom stereocenters. The van der Waals surface area contributed by atoms with Crippen molar-refractivity contribution in [3.8, 4) is 0 Å². The van der Waals surface area contributed by atoms with E-state index < -0.39 is 0 Å². The highest BCUT2D eigenvalue weighted by Crippen LogP contribution is 2.32. The maximum Gasteiger partial charge on any atom is 0.232 e. The number of Topliss-reactive ketones (excluding diaryl/α,β-unsaturated/α-hetero) is 1. The maximum atomic E-state index is 11.9. The first-order valence-corrected chi connectivity index (χ1v) is 7.89. The molecule has 112 valence electrons. The number of hydrogen-bond donors (Lipinski definition) is 0. The van der Waals surface area contributed by atoms with Crippen LogP contribution >= 0.6 is 0 Å². The highest BCUT2D eigenvalue weighted by molar-refractivity contribution is 6.03. The van der Waals surface area contributed by atoms with Gasteiger partial charge in [-0.2, -0.15) is 0 Å². The molecule has 0 radical (unpaired) electrons. The van der Waals surface area contributed by atoms with E-state index in [1.165, 1.54) is 4.90 Å². The molecule has 0 aromatic carbocycles. The molecule has 1 saturated heterocycles. The van der Waals surface area contributed by atoms with Crippen LogP contribution in [0.4, 0.5) is 0 Å². The van der Waals surface area contributed by atoms with Crippen LogP contribution in [0.2, 0.25) is 0 Å². The van der Waals surface area contributed by atoms with Crippen LogP contribution in [-0.4, -0.2) is 29.0 Å². The third-order valence-corrected chi connectivity index (χ3v) is 4.71. The van der Waals surface area contributed by atoms with Crippen molar-refractivity contribution in [3.63, 3.8) is 0 Å². The number of hydrogen-bond acceptors (Lipinski definition) is 3. The van der Waals surface area contributed by atoms with Gasteiger partial charge in [-0.25, -0.2) is 0 Å². The van der Waals surface area contributed by atoms with Crippen molar-refractivity contribution in [1.82, 2.24) is 4.90 Å². The molecule has 2 aliphatic rings. The normalized spacial score (nSPS) is 30.9. The van der Waals surface area contributed by atoms with Gasteiger partial charge in [0, 0.05) is 31.2 Å². The lowest BCUT2D eigenvalue weighted by Gasteiger charge is -2.30. The van der Waals surface area contributed by atoms with Gasteiger partial charge in [0.15, 0.2) is 0 Å². The van der Waals surface area contributed by atoms with Crippen molar-refractivity contribution in [2.75, 3.05) is 6.54 Å². The third-order valence-electron chi connectivity index (χ3n) is 4.71. The molecule has 0 spiro atoms. The van der Waals surface area contributed by atoms with E-state index in [1.54, 1.807) is 0 Å².